The van der Waals surface area contributed by atoms with Crippen molar-refractivity contribution in [1.29, 1.82) is 0 Å². The molecule has 2 rings (SSSR count). The van der Waals surface area contributed by atoms with Crippen molar-refractivity contribution in [2.75, 3.05) is 0 Å². The first-order valence-electron chi connectivity index (χ1n) is 3.86. The molecule has 0 aliphatic heterocycles. The molecule has 66 valence electrons. The highest BCUT2D eigenvalue weighted by Gasteiger charge is 2.00. The molecular weight excluding hydrogens is 189 g/mol. The van der Waals surface area contributed by atoms with Crippen molar-refractivity contribution in [3.05, 3.63) is 53.6 Å². The fourth-order valence-corrected chi connectivity index (χ4v) is 1.27. The zero-order chi connectivity index (χ0) is 9.26. The van der Waals surface area contributed by atoms with Crippen LogP contribution in [0.4, 0.5) is 4.39 Å². The number of rotatable bonds is 1. The van der Waals surface area contributed by atoms with Gasteiger partial charge in [-0.3, -0.25) is 0 Å². The predicted octanol–water partition coefficient (Wildman–Crippen LogP) is 3.27. The molecule has 13 heavy (non-hydrogen) atoms. The number of halogens is 2. The van der Waals surface area contributed by atoms with Crippen LogP contribution in [0.25, 0.3) is 5.69 Å². The van der Waals surface area contributed by atoms with Gasteiger partial charge in [-0.2, -0.15) is 0 Å². The zero-order valence-corrected chi connectivity index (χ0v) is 7.50. The second-order valence-corrected chi connectivity index (χ2v) is 3.10. The Morgan fingerprint density at radius 1 is 1.15 bits per heavy atom. The fraction of sp³-hybridized carbons (Fsp3) is 0. The van der Waals surface area contributed by atoms with E-state index in [0.717, 1.165) is 5.69 Å². The summed E-state index contributed by atoms with van der Waals surface area (Å²) in [5.74, 6) is -0.395. The van der Waals surface area contributed by atoms with E-state index in [4.69, 9.17) is 11.6 Å². The van der Waals surface area contributed by atoms with Crippen LogP contribution in [0.5, 0.6) is 0 Å². The molecule has 0 bridgehead atoms. The lowest BCUT2D eigenvalue weighted by atomic mass is 10.3. The molecule has 0 N–H and O–H groups in total. The SMILES string of the molecule is Fc1cc(-n2cccc2)ccc1Cl. The van der Waals surface area contributed by atoms with Crippen molar-refractivity contribution in [3.8, 4) is 5.69 Å². The van der Waals surface area contributed by atoms with Crippen LogP contribution in [-0.2, 0) is 0 Å². The lowest BCUT2D eigenvalue weighted by molar-refractivity contribution is 0.627. The standard InChI is InChI=1S/C10H7ClFN/c11-9-4-3-8(7-10(9)12)13-5-1-2-6-13/h1-7H. The minimum absolute atomic E-state index is 0.149. The molecule has 0 fully saturated rings. The minimum Gasteiger partial charge on any atom is -0.324 e. The van der Waals surface area contributed by atoms with Gasteiger partial charge in [0.25, 0.3) is 0 Å². The quantitative estimate of drug-likeness (QED) is 0.658. The molecule has 0 unspecified atom stereocenters. The maximum absolute atomic E-state index is 13.0. The fourth-order valence-electron chi connectivity index (χ4n) is 1.15. The van der Waals surface area contributed by atoms with Gasteiger partial charge in [0, 0.05) is 18.1 Å². The maximum Gasteiger partial charge on any atom is 0.143 e. The molecule has 0 spiro atoms. The van der Waals surface area contributed by atoms with Gasteiger partial charge >= 0.3 is 0 Å². The lowest BCUT2D eigenvalue weighted by Crippen LogP contribution is -1.90. The highest BCUT2D eigenvalue weighted by atomic mass is 35.5. The molecule has 1 aromatic heterocycles. The summed E-state index contributed by atoms with van der Waals surface area (Å²) in [7, 11) is 0. The number of aromatic nitrogens is 1. The molecule has 0 aliphatic rings. The minimum atomic E-state index is -0.395. The van der Waals surface area contributed by atoms with Gasteiger partial charge in [-0.05, 0) is 30.3 Å². The van der Waals surface area contributed by atoms with Crippen LogP contribution < -0.4 is 0 Å². The first-order valence-corrected chi connectivity index (χ1v) is 4.23. The van der Waals surface area contributed by atoms with E-state index in [0.29, 0.717) is 0 Å². The largest absolute Gasteiger partial charge is 0.324 e. The van der Waals surface area contributed by atoms with Crippen molar-refractivity contribution in [3.63, 3.8) is 0 Å². The maximum atomic E-state index is 13.0. The monoisotopic (exact) mass is 195 g/mol. The van der Waals surface area contributed by atoms with Crippen LogP contribution in [-0.4, -0.2) is 4.57 Å². The molecule has 3 heteroatoms. The summed E-state index contributed by atoms with van der Waals surface area (Å²) in [4.78, 5) is 0. The average Bonchev–Trinajstić information content (AvgIpc) is 2.62. The van der Waals surface area contributed by atoms with Crippen LogP contribution >= 0.6 is 11.6 Å². The van der Waals surface area contributed by atoms with Gasteiger partial charge in [-0.1, -0.05) is 11.6 Å². The summed E-state index contributed by atoms with van der Waals surface area (Å²) in [6, 6.07) is 8.49. The second kappa shape index (κ2) is 3.23. The first kappa shape index (κ1) is 8.32. The number of benzene rings is 1. The molecule has 0 saturated heterocycles. The second-order valence-electron chi connectivity index (χ2n) is 2.69. The Kier molecular flexibility index (Phi) is 2.07. The zero-order valence-electron chi connectivity index (χ0n) is 6.74. The molecule has 2 aromatic rings. The van der Waals surface area contributed by atoms with Crippen molar-refractivity contribution in [1.82, 2.24) is 4.57 Å². The first-order chi connectivity index (χ1) is 6.27. The van der Waals surface area contributed by atoms with E-state index in [2.05, 4.69) is 0 Å². The van der Waals surface area contributed by atoms with E-state index in [-0.39, 0.29) is 5.02 Å². The van der Waals surface area contributed by atoms with Crippen LogP contribution in [0.2, 0.25) is 5.02 Å². The summed E-state index contributed by atoms with van der Waals surface area (Å²) < 4.78 is 14.8. The third-order valence-corrected chi connectivity index (χ3v) is 2.11. The van der Waals surface area contributed by atoms with Gasteiger partial charge in [0.05, 0.1) is 5.02 Å². The van der Waals surface area contributed by atoms with E-state index < -0.39 is 5.82 Å². The molecule has 0 atom stereocenters. The highest BCUT2D eigenvalue weighted by molar-refractivity contribution is 6.30. The normalized spacial score (nSPS) is 10.3. The third kappa shape index (κ3) is 1.58. The Morgan fingerprint density at radius 2 is 1.85 bits per heavy atom. The topological polar surface area (TPSA) is 4.93 Å². The van der Waals surface area contributed by atoms with Crippen LogP contribution in [0.3, 0.4) is 0 Å². The Labute approximate surface area is 80.4 Å². The molecule has 0 saturated carbocycles. The Hall–Kier alpha value is -1.28. The Balaban J connectivity index is 2.49. The number of hydrogen-bond acceptors (Lipinski definition) is 0. The van der Waals surface area contributed by atoms with Crippen LogP contribution in [0.1, 0.15) is 0 Å². The van der Waals surface area contributed by atoms with E-state index >= 15 is 0 Å². The summed E-state index contributed by atoms with van der Waals surface area (Å²) in [6.45, 7) is 0. The van der Waals surface area contributed by atoms with Crippen LogP contribution in [0, 0.1) is 5.82 Å². The van der Waals surface area contributed by atoms with Crippen LogP contribution in [0.15, 0.2) is 42.7 Å². The Bertz CT molecular complexity index is 409. The molecule has 0 radical (unpaired) electrons. The van der Waals surface area contributed by atoms with Crippen molar-refractivity contribution >= 4 is 11.6 Å². The molecule has 0 amide bonds. The van der Waals surface area contributed by atoms with E-state index in [1.165, 1.54) is 6.07 Å². The number of nitrogens with zero attached hydrogens (tertiary/aromatic N) is 1. The lowest BCUT2D eigenvalue weighted by Gasteiger charge is -2.02. The predicted molar refractivity (Wildman–Crippen MR) is 50.7 cm³/mol. The summed E-state index contributed by atoms with van der Waals surface area (Å²) in [6.07, 6.45) is 3.70. The summed E-state index contributed by atoms with van der Waals surface area (Å²) in [5.41, 5.74) is 0.770. The summed E-state index contributed by atoms with van der Waals surface area (Å²) in [5, 5.41) is 0.149. The molecular formula is C10H7ClFN. The number of hydrogen-bond donors (Lipinski definition) is 0. The Morgan fingerprint density at radius 3 is 2.46 bits per heavy atom. The van der Waals surface area contributed by atoms with Crippen molar-refractivity contribution in [2.24, 2.45) is 0 Å². The van der Waals surface area contributed by atoms with Crippen molar-refractivity contribution in [2.45, 2.75) is 0 Å². The van der Waals surface area contributed by atoms with Gasteiger partial charge in [0.2, 0.25) is 0 Å². The van der Waals surface area contributed by atoms with E-state index in [1.807, 2.05) is 29.1 Å². The molecule has 0 aliphatic carbocycles. The van der Waals surface area contributed by atoms with Gasteiger partial charge in [-0.15, -0.1) is 0 Å². The average molecular weight is 196 g/mol. The van der Waals surface area contributed by atoms with Crippen molar-refractivity contribution < 1.29 is 4.39 Å². The van der Waals surface area contributed by atoms with Gasteiger partial charge in [0.15, 0.2) is 0 Å². The van der Waals surface area contributed by atoms with E-state index in [9.17, 15) is 4.39 Å². The van der Waals surface area contributed by atoms with Gasteiger partial charge in [0.1, 0.15) is 5.82 Å². The third-order valence-electron chi connectivity index (χ3n) is 1.81. The summed E-state index contributed by atoms with van der Waals surface area (Å²) >= 11 is 5.56. The smallest absolute Gasteiger partial charge is 0.143 e. The van der Waals surface area contributed by atoms with Gasteiger partial charge in [-0.25, -0.2) is 4.39 Å². The highest BCUT2D eigenvalue weighted by Crippen LogP contribution is 2.17. The van der Waals surface area contributed by atoms with Gasteiger partial charge < -0.3 is 4.57 Å². The molecule has 1 nitrogen and oxygen atoms in total. The molecule has 1 heterocycles. The van der Waals surface area contributed by atoms with E-state index in [1.54, 1.807) is 12.1 Å². The molecule has 1 aromatic carbocycles.